The third kappa shape index (κ3) is 6.45. The molecular formula is C16H19Cl2N3O5. The van der Waals surface area contributed by atoms with E-state index in [0.29, 0.717) is 35.1 Å². The second-order valence-electron chi connectivity index (χ2n) is 5.69. The van der Waals surface area contributed by atoms with Gasteiger partial charge in [0.1, 0.15) is 6.61 Å². The van der Waals surface area contributed by atoms with Crippen LogP contribution in [0.1, 0.15) is 18.4 Å². The summed E-state index contributed by atoms with van der Waals surface area (Å²) >= 11 is 12.0. The van der Waals surface area contributed by atoms with Crippen LogP contribution in [0, 0.1) is 5.41 Å². The number of guanidine groups is 1. The molecule has 0 saturated carbocycles. The van der Waals surface area contributed by atoms with Crippen LogP contribution in [0.25, 0.3) is 0 Å². The fourth-order valence-electron chi connectivity index (χ4n) is 2.36. The van der Waals surface area contributed by atoms with Crippen molar-refractivity contribution in [3.05, 3.63) is 33.8 Å². The second kappa shape index (κ2) is 9.72. The van der Waals surface area contributed by atoms with Gasteiger partial charge >= 0.3 is 6.09 Å². The smallest absolute Gasteiger partial charge is 0.414 e. The lowest BCUT2D eigenvalue weighted by Crippen LogP contribution is -2.44. The van der Waals surface area contributed by atoms with Crippen molar-refractivity contribution < 1.29 is 24.2 Å². The third-order valence-electron chi connectivity index (χ3n) is 3.63. The summed E-state index contributed by atoms with van der Waals surface area (Å²) in [4.78, 5) is 23.6. The number of alkyl carbamates (subject to hydrolysis) is 1. The average molecular weight is 404 g/mol. The molecule has 0 spiro atoms. The molecule has 0 aliphatic carbocycles. The van der Waals surface area contributed by atoms with Gasteiger partial charge in [-0.2, -0.15) is 0 Å². The molecule has 0 bridgehead atoms. The predicted molar refractivity (Wildman–Crippen MR) is 95.5 cm³/mol. The summed E-state index contributed by atoms with van der Waals surface area (Å²) in [5.41, 5.74) is 0.428. The molecule has 0 unspecified atom stereocenters. The molecule has 10 heteroatoms. The molecule has 2 amide bonds. The maximum absolute atomic E-state index is 11.9. The molecule has 2 rings (SSSR count). The Morgan fingerprint density at radius 3 is 2.65 bits per heavy atom. The minimum absolute atomic E-state index is 0.0562. The van der Waals surface area contributed by atoms with Gasteiger partial charge in [-0.1, -0.05) is 29.3 Å². The molecular weight excluding hydrogens is 385 g/mol. The highest BCUT2D eigenvalue weighted by Gasteiger charge is 2.22. The maximum atomic E-state index is 11.9. The number of nitrogens with one attached hydrogen (secondary N) is 3. The second-order valence-corrected chi connectivity index (χ2v) is 6.51. The van der Waals surface area contributed by atoms with Crippen molar-refractivity contribution in [2.75, 3.05) is 13.2 Å². The minimum Gasteiger partial charge on any atom is -0.446 e. The van der Waals surface area contributed by atoms with Crippen LogP contribution in [0.3, 0.4) is 0 Å². The number of hydrogen-bond acceptors (Lipinski definition) is 6. The third-order valence-corrected chi connectivity index (χ3v) is 4.34. The lowest BCUT2D eigenvalue weighted by Gasteiger charge is -2.25. The standard InChI is InChI=1S/C16H19Cl2N3O5/c17-12-2-1-3-13(18)11(12)7-14(23)20-15(19)21-16(24)26-8-10-6-9(22)4-5-25-10/h1-3,9-10,22H,4-8H2,(H3,19,20,21,23,24)/t9-,10+/m1/s1. The van der Waals surface area contributed by atoms with E-state index >= 15 is 0 Å². The lowest BCUT2D eigenvalue weighted by molar-refractivity contribution is -0.119. The number of benzene rings is 1. The Balaban J connectivity index is 1.73. The summed E-state index contributed by atoms with van der Waals surface area (Å²) in [6.07, 6.45) is -1.000. The van der Waals surface area contributed by atoms with Crippen molar-refractivity contribution in [1.82, 2.24) is 10.6 Å². The van der Waals surface area contributed by atoms with Crippen LogP contribution < -0.4 is 10.6 Å². The number of ether oxygens (including phenoxy) is 2. The molecule has 1 aromatic rings. The van der Waals surface area contributed by atoms with E-state index < -0.39 is 30.2 Å². The van der Waals surface area contributed by atoms with Crippen LogP contribution in [0.4, 0.5) is 4.79 Å². The summed E-state index contributed by atoms with van der Waals surface area (Å²) in [5, 5.41) is 22.1. The van der Waals surface area contributed by atoms with E-state index in [-0.39, 0.29) is 13.0 Å². The van der Waals surface area contributed by atoms with Gasteiger partial charge in [-0.05, 0) is 24.1 Å². The molecule has 142 valence electrons. The molecule has 1 fully saturated rings. The number of amides is 2. The van der Waals surface area contributed by atoms with E-state index in [2.05, 4.69) is 10.6 Å². The van der Waals surface area contributed by atoms with E-state index in [0.717, 1.165) is 0 Å². The highest BCUT2D eigenvalue weighted by atomic mass is 35.5. The molecule has 4 N–H and O–H groups in total. The molecule has 1 heterocycles. The highest BCUT2D eigenvalue weighted by Crippen LogP contribution is 2.24. The van der Waals surface area contributed by atoms with Gasteiger partial charge in [0.25, 0.3) is 0 Å². The van der Waals surface area contributed by atoms with Crippen molar-refractivity contribution in [3.8, 4) is 0 Å². The summed E-state index contributed by atoms with van der Waals surface area (Å²) in [6.45, 7) is 0.340. The number of carbonyl (C=O) groups is 2. The zero-order chi connectivity index (χ0) is 19.1. The number of carbonyl (C=O) groups excluding carboxylic acids is 2. The Morgan fingerprint density at radius 2 is 2.00 bits per heavy atom. The number of hydrogen-bond donors (Lipinski definition) is 4. The van der Waals surface area contributed by atoms with Crippen molar-refractivity contribution in [3.63, 3.8) is 0 Å². The first-order chi connectivity index (χ1) is 12.3. The molecule has 8 nitrogen and oxygen atoms in total. The molecule has 2 atom stereocenters. The topological polar surface area (TPSA) is 121 Å². The van der Waals surface area contributed by atoms with E-state index in [1.54, 1.807) is 18.2 Å². The van der Waals surface area contributed by atoms with Crippen LogP contribution in [-0.4, -0.2) is 48.5 Å². The summed E-state index contributed by atoms with van der Waals surface area (Å²) in [7, 11) is 0. The SMILES string of the molecule is N=C(NC(=O)Cc1c(Cl)cccc1Cl)NC(=O)OC[C@@H]1C[C@H](O)CCO1. The van der Waals surface area contributed by atoms with Crippen molar-refractivity contribution in [2.24, 2.45) is 0 Å². The first-order valence-corrected chi connectivity index (χ1v) is 8.65. The summed E-state index contributed by atoms with van der Waals surface area (Å²) in [5.74, 6) is -1.10. The van der Waals surface area contributed by atoms with Crippen molar-refractivity contribution >= 4 is 41.2 Å². The summed E-state index contributed by atoms with van der Waals surface area (Å²) in [6, 6.07) is 4.85. The number of aliphatic hydroxyl groups is 1. The predicted octanol–water partition coefficient (Wildman–Crippen LogP) is 1.85. The van der Waals surface area contributed by atoms with Crippen LogP contribution >= 0.6 is 23.2 Å². The van der Waals surface area contributed by atoms with E-state index in [9.17, 15) is 14.7 Å². The van der Waals surface area contributed by atoms with Gasteiger partial charge in [-0.25, -0.2) is 4.79 Å². The maximum Gasteiger partial charge on any atom is 0.414 e. The Hall–Kier alpha value is -1.87. The van der Waals surface area contributed by atoms with Gasteiger partial charge in [-0.3, -0.25) is 20.8 Å². The fourth-order valence-corrected chi connectivity index (χ4v) is 2.89. The normalized spacial score (nSPS) is 19.5. The van der Waals surface area contributed by atoms with Gasteiger partial charge in [0.15, 0.2) is 0 Å². The lowest BCUT2D eigenvalue weighted by atomic mass is 10.1. The van der Waals surface area contributed by atoms with Crippen molar-refractivity contribution in [1.29, 1.82) is 5.41 Å². The Kier molecular flexibility index (Phi) is 7.65. The molecule has 1 aromatic carbocycles. The number of aliphatic hydroxyl groups excluding tert-OH is 1. The van der Waals surface area contributed by atoms with Crippen LogP contribution in [0.2, 0.25) is 10.0 Å². The largest absolute Gasteiger partial charge is 0.446 e. The van der Waals surface area contributed by atoms with Gasteiger partial charge in [0.05, 0.1) is 18.6 Å². The van der Waals surface area contributed by atoms with Crippen LogP contribution in [0.15, 0.2) is 18.2 Å². The van der Waals surface area contributed by atoms with E-state index in [1.165, 1.54) is 0 Å². The van der Waals surface area contributed by atoms with Gasteiger partial charge < -0.3 is 14.6 Å². The molecule has 1 aliphatic heterocycles. The fraction of sp³-hybridized carbons (Fsp3) is 0.438. The quantitative estimate of drug-likeness (QED) is 0.451. The molecule has 26 heavy (non-hydrogen) atoms. The van der Waals surface area contributed by atoms with E-state index in [1.807, 2.05) is 0 Å². The minimum atomic E-state index is -0.908. The van der Waals surface area contributed by atoms with Crippen LogP contribution in [-0.2, 0) is 20.7 Å². The van der Waals surface area contributed by atoms with Gasteiger partial charge in [-0.15, -0.1) is 0 Å². The van der Waals surface area contributed by atoms with Crippen LogP contribution in [0.5, 0.6) is 0 Å². The zero-order valence-electron chi connectivity index (χ0n) is 13.8. The number of rotatable bonds is 4. The molecule has 0 radical (unpaired) electrons. The first kappa shape index (κ1) is 20.4. The molecule has 0 aromatic heterocycles. The van der Waals surface area contributed by atoms with E-state index in [4.69, 9.17) is 38.1 Å². The Bertz CT molecular complexity index is 666. The Labute approximate surface area is 160 Å². The molecule has 1 saturated heterocycles. The highest BCUT2D eigenvalue weighted by molar-refractivity contribution is 6.36. The van der Waals surface area contributed by atoms with Gasteiger partial charge in [0.2, 0.25) is 11.9 Å². The first-order valence-electron chi connectivity index (χ1n) is 7.90. The summed E-state index contributed by atoms with van der Waals surface area (Å²) < 4.78 is 10.3. The van der Waals surface area contributed by atoms with Crippen molar-refractivity contribution in [2.45, 2.75) is 31.5 Å². The number of halogens is 2. The van der Waals surface area contributed by atoms with Gasteiger partial charge in [0, 0.05) is 23.1 Å². The average Bonchev–Trinajstić information content (AvgIpc) is 2.56. The molecule has 1 aliphatic rings. The Morgan fingerprint density at radius 1 is 1.31 bits per heavy atom. The monoisotopic (exact) mass is 403 g/mol. The zero-order valence-corrected chi connectivity index (χ0v) is 15.3.